The summed E-state index contributed by atoms with van der Waals surface area (Å²) in [6.07, 6.45) is -3.04. The van der Waals surface area contributed by atoms with E-state index in [0.29, 0.717) is 0 Å². The van der Waals surface area contributed by atoms with Crippen LogP contribution in [0.1, 0.15) is 5.56 Å². The molecule has 0 aromatic carbocycles. The molecule has 0 amide bonds. The van der Waals surface area contributed by atoms with Gasteiger partial charge < -0.3 is 0 Å². The van der Waals surface area contributed by atoms with E-state index >= 15 is 0 Å². The van der Waals surface area contributed by atoms with Crippen LogP contribution in [0.2, 0.25) is 0 Å². The summed E-state index contributed by atoms with van der Waals surface area (Å²) in [5, 5.41) is 0. The van der Waals surface area contributed by atoms with Crippen LogP contribution in [0.3, 0.4) is 0 Å². The Morgan fingerprint density at radius 2 is 2.00 bits per heavy atom. The molecular formula is C6H6F3N2+. The largest absolute Gasteiger partial charge is 0.424 e. The minimum absolute atomic E-state index is 0.361. The third kappa shape index (κ3) is 1.60. The molecular weight excluding hydrogens is 157 g/mol. The standard InChI is InChI=1S/C6H5F3N2/c7-6(8,9)4-2-1-3-11-5(4)10/h1-3H,(H2,10,11)/p+1. The molecule has 0 aliphatic rings. The molecule has 0 radical (unpaired) electrons. The number of hydrogen-bond donors (Lipinski definition) is 1. The Hall–Kier alpha value is -1.26. The SMILES string of the molecule is Nc1[nH+]cccc1C(F)(F)F. The van der Waals surface area contributed by atoms with Crippen LogP contribution in [0, 0.1) is 0 Å². The van der Waals surface area contributed by atoms with Crippen LogP contribution < -0.4 is 10.7 Å². The van der Waals surface area contributed by atoms with Crippen LogP contribution >= 0.6 is 0 Å². The van der Waals surface area contributed by atoms with Gasteiger partial charge in [-0.25, -0.2) is 4.98 Å². The fraction of sp³-hybridized carbons (Fsp3) is 0.167. The quantitative estimate of drug-likeness (QED) is 0.611. The monoisotopic (exact) mass is 163 g/mol. The fourth-order valence-corrected chi connectivity index (χ4v) is 0.697. The summed E-state index contributed by atoms with van der Waals surface area (Å²) in [6.45, 7) is 0. The lowest BCUT2D eigenvalue weighted by molar-refractivity contribution is -0.363. The van der Waals surface area contributed by atoms with Gasteiger partial charge in [-0.15, -0.1) is 0 Å². The van der Waals surface area contributed by atoms with Crippen LogP contribution in [0.4, 0.5) is 19.0 Å². The molecule has 11 heavy (non-hydrogen) atoms. The maximum absolute atomic E-state index is 11.9. The van der Waals surface area contributed by atoms with E-state index in [2.05, 4.69) is 4.98 Å². The Balaban J connectivity index is 3.14. The van der Waals surface area contributed by atoms with Crippen LogP contribution in [-0.4, -0.2) is 0 Å². The Morgan fingerprint density at radius 3 is 2.36 bits per heavy atom. The normalized spacial score (nSPS) is 11.5. The van der Waals surface area contributed by atoms with Gasteiger partial charge >= 0.3 is 6.18 Å². The summed E-state index contributed by atoms with van der Waals surface area (Å²) in [5.74, 6) is -0.361. The lowest BCUT2D eigenvalue weighted by atomic mass is 10.2. The van der Waals surface area contributed by atoms with Crippen LogP contribution in [0.25, 0.3) is 0 Å². The van der Waals surface area contributed by atoms with Crippen molar-refractivity contribution in [2.24, 2.45) is 0 Å². The molecule has 5 heteroatoms. The Kier molecular flexibility index (Phi) is 1.72. The number of nitrogens with two attached hydrogens (primary N) is 1. The van der Waals surface area contributed by atoms with E-state index in [1.54, 1.807) is 0 Å². The van der Waals surface area contributed by atoms with Crippen molar-refractivity contribution in [2.75, 3.05) is 5.73 Å². The lowest BCUT2D eigenvalue weighted by Crippen LogP contribution is -2.17. The Labute approximate surface area is 60.9 Å². The minimum atomic E-state index is -4.37. The molecule has 0 saturated heterocycles. The zero-order chi connectivity index (χ0) is 8.48. The van der Waals surface area contributed by atoms with Gasteiger partial charge in [-0.05, 0) is 12.1 Å². The summed E-state index contributed by atoms with van der Waals surface area (Å²) in [4.78, 5) is 2.26. The maximum atomic E-state index is 11.9. The first-order valence-corrected chi connectivity index (χ1v) is 2.85. The predicted octanol–water partition coefficient (Wildman–Crippen LogP) is 1.10. The summed E-state index contributed by atoms with van der Waals surface area (Å²) in [6, 6.07) is 2.17. The summed E-state index contributed by atoms with van der Waals surface area (Å²) in [5.41, 5.74) is 4.20. The van der Waals surface area contributed by atoms with E-state index in [9.17, 15) is 13.2 Å². The van der Waals surface area contributed by atoms with Gasteiger partial charge in [-0.2, -0.15) is 13.2 Å². The molecule has 0 fully saturated rings. The van der Waals surface area contributed by atoms with Gasteiger partial charge in [0.15, 0.2) is 0 Å². The number of pyridine rings is 1. The van der Waals surface area contributed by atoms with Crippen molar-refractivity contribution in [1.29, 1.82) is 0 Å². The molecule has 0 saturated carbocycles. The molecule has 0 spiro atoms. The van der Waals surface area contributed by atoms with Gasteiger partial charge in [0.05, 0.1) is 6.20 Å². The van der Waals surface area contributed by atoms with Crippen LogP contribution in [0.5, 0.6) is 0 Å². The number of rotatable bonds is 0. The van der Waals surface area contributed by atoms with Gasteiger partial charge in [-0.1, -0.05) is 0 Å². The number of nitrogen functional groups attached to an aromatic ring is 1. The van der Waals surface area contributed by atoms with E-state index in [0.717, 1.165) is 6.07 Å². The van der Waals surface area contributed by atoms with Crippen molar-refractivity contribution >= 4 is 5.82 Å². The van der Waals surface area contributed by atoms with Crippen LogP contribution in [-0.2, 0) is 6.18 Å². The number of hydrogen-bond acceptors (Lipinski definition) is 1. The van der Waals surface area contributed by atoms with Crippen molar-refractivity contribution in [3.8, 4) is 0 Å². The van der Waals surface area contributed by atoms with Crippen LogP contribution in [0.15, 0.2) is 18.3 Å². The molecule has 0 unspecified atom stereocenters. The van der Waals surface area contributed by atoms with Crippen molar-refractivity contribution in [1.82, 2.24) is 0 Å². The third-order valence-corrected chi connectivity index (χ3v) is 1.19. The van der Waals surface area contributed by atoms with Gasteiger partial charge in [0.1, 0.15) is 5.56 Å². The van der Waals surface area contributed by atoms with E-state index in [-0.39, 0.29) is 5.82 Å². The second-order valence-electron chi connectivity index (χ2n) is 2.00. The average molecular weight is 163 g/mol. The highest BCUT2D eigenvalue weighted by atomic mass is 19.4. The first-order valence-electron chi connectivity index (χ1n) is 2.85. The average Bonchev–Trinajstić information content (AvgIpc) is 1.86. The number of H-pyrrole nitrogens is 1. The highest BCUT2D eigenvalue weighted by Gasteiger charge is 2.35. The van der Waals surface area contributed by atoms with Crippen molar-refractivity contribution in [3.63, 3.8) is 0 Å². The number of alkyl halides is 3. The number of anilines is 1. The molecule has 0 aliphatic heterocycles. The number of halogens is 3. The second-order valence-corrected chi connectivity index (χ2v) is 2.00. The number of aromatic nitrogens is 1. The highest BCUT2D eigenvalue weighted by molar-refractivity contribution is 5.35. The minimum Gasteiger partial charge on any atom is -0.287 e. The molecule has 2 nitrogen and oxygen atoms in total. The zero-order valence-electron chi connectivity index (χ0n) is 5.44. The first-order chi connectivity index (χ1) is 5.02. The molecule has 1 aromatic rings. The van der Waals surface area contributed by atoms with E-state index in [4.69, 9.17) is 5.73 Å². The summed E-state index contributed by atoms with van der Waals surface area (Å²) >= 11 is 0. The Bertz CT molecular complexity index is 256. The lowest BCUT2D eigenvalue weighted by Gasteiger charge is -2.03. The molecule has 0 atom stereocenters. The number of aromatic amines is 1. The first kappa shape index (κ1) is 7.84. The van der Waals surface area contributed by atoms with Crippen molar-refractivity contribution in [2.45, 2.75) is 6.18 Å². The fourth-order valence-electron chi connectivity index (χ4n) is 0.697. The van der Waals surface area contributed by atoms with E-state index < -0.39 is 11.7 Å². The Morgan fingerprint density at radius 1 is 1.36 bits per heavy atom. The molecule has 0 aliphatic carbocycles. The van der Waals surface area contributed by atoms with Gasteiger partial charge in [0.25, 0.3) is 5.82 Å². The molecule has 1 rings (SSSR count). The molecule has 1 heterocycles. The molecule has 1 aromatic heterocycles. The van der Waals surface area contributed by atoms with E-state index in [1.165, 1.54) is 12.3 Å². The second kappa shape index (κ2) is 2.41. The molecule has 60 valence electrons. The molecule has 0 bridgehead atoms. The maximum Gasteiger partial charge on any atom is 0.424 e. The summed E-state index contributed by atoms with van der Waals surface area (Å²) in [7, 11) is 0. The summed E-state index contributed by atoms with van der Waals surface area (Å²) < 4.78 is 35.8. The predicted molar refractivity (Wildman–Crippen MR) is 32.4 cm³/mol. The van der Waals surface area contributed by atoms with Gasteiger partial charge in [0.2, 0.25) is 0 Å². The highest BCUT2D eigenvalue weighted by Crippen LogP contribution is 2.30. The van der Waals surface area contributed by atoms with Gasteiger partial charge in [0, 0.05) is 0 Å². The van der Waals surface area contributed by atoms with E-state index in [1.807, 2.05) is 0 Å². The number of nitrogens with one attached hydrogen (secondary N) is 1. The zero-order valence-corrected chi connectivity index (χ0v) is 5.44. The third-order valence-electron chi connectivity index (χ3n) is 1.19. The molecule has 3 N–H and O–H groups in total. The van der Waals surface area contributed by atoms with Crippen molar-refractivity contribution in [3.05, 3.63) is 23.9 Å². The van der Waals surface area contributed by atoms with Gasteiger partial charge in [-0.3, -0.25) is 5.73 Å². The topological polar surface area (TPSA) is 40.2 Å². The van der Waals surface area contributed by atoms with Crippen molar-refractivity contribution < 1.29 is 18.2 Å². The smallest absolute Gasteiger partial charge is 0.287 e.